The van der Waals surface area contributed by atoms with Gasteiger partial charge in [-0.05, 0) is 70.4 Å². The monoisotopic (exact) mass is 489 g/mol. The van der Waals surface area contributed by atoms with Crippen LogP contribution in [-0.4, -0.2) is 18.4 Å². The van der Waals surface area contributed by atoms with Gasteiger partial charge in [-0.3, -0.25) is 9.59 Å². The van der Waals surface area contributed by atoms with Gasteiger partial charge in [0.1, 0.15) is 17.4 Å². The van der Waals surface area contributed by atoms with Crippen LogP contribution in [0.3, 0.4) is 0 Å². The number of nitrogens with zero attached hydrogens (tertiary/aromatic N) is 1. The highest BCUT2D eigenvalue weighted by Gasteiger charge is 2.12. The van der Waals surface area contributed by atoms with E-state index in [1.165, 1.54) is 6.08 Å². The molecule has 0 radical (unpaired) electrons. The van der Waals surface area contributed by atoms with E-state index in [9.17, 15) is 14.9 Å². The molecule has 3 aromatic carbocycles. The number of ether oxygens (including phenoxy) is 1. The van der Waals surface area contributed by atoms with Crippen molar-refractivity contribution in [2.24, 2.45) is 0 Å². The molecule has 0 spiro atoms. The molecule has 0 aromatic heterocycles. The molecule has 0 aliphatic rings. The predicted molar refractivity (Wildman–Crippen MR) is 128 cm³/mol. The van der Waals surface area contributed by atoms with E-state index in [1.54, 1.807) is 36.4 Å². The van der Waals surface area contributed by atoms with Crippen molar-refractivity contribution >= 4 is 45.2 Å². The molecular weight excluding hydrogens is 470 g/mol. The van der Waals surface area contributed by atoms with Gasteiger partial charge in [0.05, 0.1) is 4.47 Å². The molecule has 0 saturated carbocycles. The number of amides is 2. The first kappa shape index (κ1) is 22.8. The Bertz CT molecular complexity index is 1200. The second-order valence-corrected chi connectivity index (χ2v) is 7.69. The Morgan fingerprint density at radius 1 is 1.03 bits per heavy atom. The first-order valence-corrected chi connectivity index (χ1v) is 10.5. The molecular formula is C25H20BrN3O3. The van der Waals surface area contributed by atoms with Gasteiger partial charge in [0.2, 0.25) is 0 Å². The Morgan fingerprint density at radius 3 is 2.44 bits per heavy atom. The lowest BCUT2D eigenvalue weighted by Crippen LogP contribution is -2.20. The van der Waals surface area contributed by atoms with Crippen molar-refractivity contribution in [2.45, 2.75) is 6.92 Å². The Morgan fingerprint density at radius 2 is 1.75 bits per heavy atom. The van der Waals surface area contributed by atoms with Crippen LogP contribution in [0.1, 0.15) is 11.1 Å². The number of benzene rings is 3. The molecule has 0 aliphatic carbocycles. The fourth-order valence-corrected chi connectivity index (χ4v) is 3.31. The smallest absolute Gasteiger partial charge is 0.266 e. The molecule has 0 bridgehead atoms. The van der Waals surface area contributed by atoms with Gasteiger partial charge < -0.3 is 15.4 Å². The van der Waals surface area contributed by atoms with Crippen molar-refractivity contribution in [1.82, 2.24) is 0 Å². The number of hydrogen-bond donors (Lipinski definition) is 2. The van der Waals surface area contributed by atoms with Crippen LogP contribution in [0.4, 0.5) is 11.4 Å². The second kappa shape index (κ2) is 10.9. The maximum Gasteiger partial charge on any atom is 0.266 e. The maximum atomic E-state index is 12.5. The summed E-state index contributed by atoms with van der Waals surface area (Å²) < 4.78 is 6.17. The SMILES string of the molecule is Cc1ccccc1NC(=O)/C(C#N)=C/c1ccc(OCC(=O)Nc2ccccc2)c(Br)c1. The molecule has 0 fully saturated rings. The number of nitrogens with one attached hydrogen (secondary N) is 2. The van der Waals surface area contributed by atoms with E-state index >= 15 is 0 Å². The molecule has 3 aromatic rings. The summed E-state index contributed by atoms with van der Waals surface area (Å²) >= 11 is 3.41. The number of nitriles is 1. The molecule has 7 heteroatoms. The highest BCUT2D eigenvalue weighted by molar-refractivity contribution is 9.10. The fourth-order valence-electron chi connectivity index (χ4n) is 2.80. The molecule has 2 amide bonds. The molecule has 0 saturated heterocycles. The van der Waals surface area contributed by atoms with E-state index in [2.05, 4.69) is 26.6 Å². The van der Waals surface area contributed by atoms with Crippen molar-refractivity contribution in [3.8, 4) is 11.8 Å². The highest BCUT2D eigenvalue weighted by Crippen LogP contribution is 2.27. The van der Waals surface area contributed by atoms with E-state index in [0.717, 1.165) is 5.56 Å². The lowest BCUT2D eigenvalue weighted by atomic mass is 10.1. The summed E-state index contributed by atoms with van der Waals surface area (Å²) in [6, 6.07) is 23.5. The van der Waals surface area contributed by atoms with Crippen molar-refractivity contribution in [3.63, 3.8) is 0 Å². The molecule has 32 heavy (non-hydrogen) atoms. The summed E-state index contributed by atoms with van der Waals surface area (Å²) in [5.74, 6) is -0.309. The topological polar surface area (TPSA) is 91.2 Å². The van der Waals surface area contributed by atoms with Crippen LogP contribution >= 0.6 is 15.9 Å². The number of hydrogen-bond acceptors (Lipinski definition) is 4. The van der Waals surface area contributed by atoms with Crippen LogP contribution in [-0.2, 0) is 9.59 Å². The van der Waals surface area contributed by atoms with Gasteiger partial charge in [-0.2, -0.15) is 5.26 Å². The zero-order chi connectivity index (χ0) is 22.9. The largest absolute Gasteiger partial charge is 0.483 e. The molecule has 3 rings (SSSR count). The molecule has 2 N–H and O–H groups in total. The molecule has 0 atom stereocenters. The van der Waals surface area contributed by atoms with Gasteiger partial charge in [-0.25, -0.2) is 0 Å². The molecule has 0 aliphatic heterocycles. The summed E-state index contributed by atoms with van der Waals surface area (Å²) in [5.41, 5.74) is 2.84. The minimum Gasteiger partial charge on any atom is -0.483 e. The number of carbonyl (C=O) groups excluding carboxylic acids is 2. The number of rotatable bonds is 7. The summed E-state index contributed by atoms with van der Waals surface area (Å²) in [5, 5.41) is 14.9. The third-order valence-corrected chi connectivity index (χ3v) is 5.06. The van der Waals surface area contributed by atoms with Gasteiger partial charge in [0, 0.05) is 11.4 Å². The van der Waals surface area contributed by atoms with Crippen LogP contribution < -0.4 is 15.4 Å². The number of para-hydroxylation sites is 2. The zero-order valence-corrected chi connectivity index (χ0v) is 18.8. The van der Waals surface area contributed by atoms with Crippen molar-refractivity contribution in [3.05, 3.63) is 94.0 Å². The van der Waals surface area contributed by atoms with Gasteiger partial charge in [0.25, 0.3) is 11.8 Å². The van der Waals surface area contributed by atoms with Crippen molar-refractivity contribution in [2.75, 3.05) is 17.2 Å². The average Bonchev–Trinajstić information content (AvgIpc) is 2.79. The first-order valence-electron chi connectivity index (χ1n) is 9.72. The number of aryl methyl sites for hydroxylation is 1. The van der Waals surface area contributed by atoms with Crippen LogP contribution in [0.5, 0.6) is 5.75 Å². The third kappa shape index (κ3) is 6.30. The minimum absolute atomic E-state index is 0.0314. The van der Waals surface area contributed by atoms with Gasteiger partial charge >= 0.3 is 0 Å². The first-order chi connectivity index (χ1) is 15.5. The van der Waals surface area contributed by atoms with E-state index in [1.807, 2.05) is 49.4 Å². The molecule has 0 unspecified atom stereocenters. The van der Waals surface area contributed by atoms with Gasteiger partial charge in [0.15, 0.2) is 6.61 Å². The van der Waals surface area contributed by atoms with Gasteiger partial charge in [-0.1, -0.05) is 42.5 Å². The van der Waals surface area contributed by atoms with Crippen molar-refractivity contribution in [1.29, 1.82) is 5.26 Å². The lowest BCUT2D eigenvalue weighted by molar-refractivity contribution is -0.118. The Kier molecular flexibility index (Phi) is 7.79. The number of anilines is 2. The standard InChI is InChI=1S/C25H20BrN3O3/c1-17-7-5-6-10-22(17)29-25(31)19(15-27)13-18-11-12-23(21(26)14-18)32-16-24(30)28-20-8-3-2-4-9-20/h2-14H,16H2,1H3,(H,28,30)(H,29,31)/b19-13+. The van der Waals surface area contributed by atoms with Gasteiger partial charge in [-0.15, -0.1) is 0 Å². The van der Waals surface area contributed by atoms with E-state index in [4.69, 9.17) is 4.74 Å². The summed E-state index contributed by atoms with van der Waals surface area (Å²) in [4.78, 5) is 24.6. The summed E-state index contributed by atoms with van der Waals surface area (Å²) in [7, 11) is 0. The van der Waals surface area contributed by atoms with Crippen LogP contribution in [0.25, 0.3) is 6.08 Å². The Hall–Kier alpha value is -3.89. The zero-order valence-electron chi connectivity index (χ0n) is 17.3. The van der Waals surface area contributed by atoms with Crippen LogP contribution in [0.15, 0.2) is 82.8 Å². The fraction of sp³-hybridized carbons (Fsp3) is 0.0800. The second-order valence-electron chi connectivity index (χ2n) is 6.83. The van der Waals surface area contributed by atoms with Crippen LogP contribution in [0.2, 0.25) is 0 Å². The van der Waals surface area contributed by atoms with E-state index in [-0.39, 0.29) is 18.1 Å². The maximum absolute atomic E-state index is 12.5. The number of carbonyl (C=O) groups is 2. The summed E-state index contributed by atoms with van der Waals surface area (Å²) in [6.07, 6.45) is 1.49. The highest BCUT2D eigenvalue weighted by atomic mass is 79.9. The Labute approximate surface area is 194 Å². The lowest BCUT2D eigenvalue weighted by Gasteiger charge is -2.10. The normalized spacial score (nSPS) is 10.7. The average molecular weight is 490 g/mol. The number of halogens is 1. The minimum atomic E-state index is -0.490. The van der Waals surface area contributed by atoms with Crippen LogP contribution in [0, 0.1) is 18.3 Å². The quantitative estimate of drug-likeness (QED) is 0.347. The molecule has 6 nitrogen and oxygen atoms in total. The van der Waals surface area contributed by atoms with E-state index in [0.29, 0.717) is 27.2 Å². The predicted octanol–water partition coefficient (Wildman–Crippen LogP) is 5.32. The molecule has 160 valence electrons. The van der Waals surface area contributed by atoms with E-state index < -0.39 is 5.91 Å². The third-order valence-electron chi connectivity index (χ3n) is 4.44. The van der Waals surface area contributed by atoms with Crippen molar-refractivity contribution < 1.29 is 14.3 Å². The summed E-state index contributed by atoms with van der Waals surface area (Å²) in [6.45, 7) is 1.71. The molecule has 0 heterocycles. The Balaban J connectivity index is 1.64.